The van der Waals surface area contributed by atoms with Gasteiger partial charge in [0.05, 0.1) is 0 Å². The zero-order chi connectivity index (χ0) is 18.5. The maximum absolute atomic E-state index is 13.6. The zero-order valence-corrected chi connectivity index (χ0v) is 16.6. The van der Waals surface area contributed by atoms with Crippen molar-refractivity contribution in [2.24, 2.45) is 5.92 Å². The highest BCUT2D eigenvalue weighted by Gasteiger charge is 2.28. The largest absolute Gasteiger partial charge is 0.352 e. The highest BCUT2D eigenvalue weighted by molar-refractivity contribution is 5.85. The number of carbonyl (C=O) groups excluding carboxylic acids is 2. The quantitative estimate of drug-likeness (QED) is 0.802. The van der Waals surface area contributed by atoms with Gasteiger partial charge in [-0.2, -0.15) is 0 Å². The third kappa shape index (κ3) is 5.91. The summed E-state index contributed by atoms with van der Waals surface area (Å²) >= 11 is 0. The Bertz CT molecular complexity index is 657. The number of hydrogen-bond acceptors (Lipinski definition) is 3. The molecule has 1 atom stereocenters. The van der Waals surface area contributed by atoms with E-state index >= 15 is 0 Å². The molecule has 0 spiro atoms. The van der Waals surface area contributed by atoms with E-state index in [1.807, 2.05) is 11.0 Å². The molecule has 27 heavy (non-hydrogen) atoms. The number of carbonyl (C=O) groups is 2. The summed E-state index contributed by atoms with van der Waals surface area (Å²) in [4.78, 5) is 26.6. The molecular formula is C20H29ClFN3O2. The van der Waals surface area contributed by atoms with E-state index in [1.54, 1.807) is 13.0 Å². The summed E-state index contributed by atoms with van der Waals surface area (Å²) in [7, 11) is 0. The summed E-state index contributed by atoms with van der Waals surface area (Å²) in [6.45, 7) is 4.34. The molecule has 2 saturated heterocycles. The Kier molecular flexibility index (Phi) is 8.05. The highest BCUT2D eigenvalue weighted by atomic mass is 35.5. The molecule has 0 aromatic heterocycles. The van der Waals surface area contributed by atoms with Gasteiger partial charge in [-0.05, 0) is 56.3 Å². The van der Waals surface area contributed by atoms with Gasteiger partial charge in [-0.1, -0.05) is 12.1 Å². The van der Waals surface area contributed by atoms with Crippen LogP contribution in [-0.4, -0.2) is 42.4 Å². The van der Waals surface area contributed by atoms with E-state index in [4.69, 9.17) is 0 Å². The Morgan fingerprint density at radius 1 is 1.26 bits per heavy atom. The van der Waals surface area contributed by atoms with Gasteiger partial charge in [0.1, 0.15) is 5.82 Å². The first-order valence-electron chi connectivity index (χ1n) is 9.57. The van der Waals surface area contributed by atoms with Crippen molar-refractivity contribution in [1.82, 2.24) is 15.5 Å². The number of amides is 2. The van der Waals surface area contributed by atoms with E-state index in [9.17, 15) is 14.0 Å². The Balaban J connectivity index is 0.00000261. The monoisotopic (exact) mass is 397 g/mol. The normalized spacial score (nSPS) is 20.2. The fraction of sp³-hybridized carbons (Fsp3) is 0.600. The zero-order valence-electron chi connectivity index (χ0n) is 15.8. The van der Waals surface area contributed by atoms with Crippen LogP contribution in [0.1, 0.15) is 43.2 Å². The van der Waals surface area contributed by atoms with Crippen LogP contribution in [-0.2, 0) is 16.1 Å². The molecule has 2 fully saturated rings. The number of hydrogen-bond donors (Lipinski definition) is 2. The second-order valence-electron chi connectivity index (χ2n) is 7.45. The van der Waals surface area contributed by atoms with Gasteiger partial charge < -0.3 is 15.5 Å². The molecule has 0 radical (unpaired) electrons. The molecule has 7 heteroatoms. The smallest absolute Gasteiger partial charge is 0.224 e. The van der Waals surface area contributed by atoms with E-state index in [0.29, 0.717) is 50.5 Å². The molecule has 2 N–H and O–H groups in total. The summed E-state index contributed by atoms with van der Waals surface area (Å²) in [5, 5.41) is 6.25. The van der Waals surface area contributed by atoms with Crippen molar-refractivity contribution in [3.05, 3.63) is 35.1 Å². The molecule has 2 aliphatic heterocycles. The SMILES string of the molecule is Cc1ccc(CNC(=O)C2CCN(C(=O)CC3CCCN3)CC2)cc1F.Cl. The van der Waals surface area contributed by atoms with Gasteiger partial charge in [0.2, 0.25) is 11.8 Å². The van der Waals surface area contributed by atoms with E-state index in [-0.39, 0.29) is 36.0 Å². The summed E-state index contributed by atoms with van der Waals surface area (Å²) in [5.74, 6) is -0.131. The maximum atomic E-state index is 13.6. The van der Waals surface area contributed by atoms with Crippen LogP contribution < -0.4 is 10.6 Å². The van der Waals surface area contributed by atoms with Crippen LogP contribution in [0.4, 0.5) is 4.39 Å². The molecule has 2 amide bonds. The number of halogens is 2. The summed E-state index contributed by atoms with van der Waals surface area (Å²) in [6, 6.07) is 5.34. The lowest BCUT2D eigenvalue weighted by Crippen LogP contribution is -2.44. The standard InChI is InChI=1S/C20H28FN3O2.ClH/c1-14-4-5-15(11-18(14)21)13-23-20(26)16-6-9-24(10-7-16)19(25)12-17-3-2-8-22-17;/h4-5,11,16-17,22H,2-3,6-10,12-13H2,1H3,(H,23,26);1H. The number of nitrogens with one attached hydrogen (secondary N) is 2. The molecule has 150 valence electrons. The molecule has 0 aliphatic carbocycles. The molecule has 0 saturated carbocycles. The van der Waals surface area contributed by atoms with Crippen LogP contribution >= 0.6 is 12.4 Å². The Hall–Kier alpha value is -1.66. The summed E-state index contributed by atoms with van der Waals surface area (Å²) < 4.78 is 13.6. The third-order valence-corrected chi connectivity index (χ3v) is 5.50. The minimum Gasteiger partial charge on any atom is -0.352 e. The number of rotatable bonds is 5. The first-order valence-corrected chi connectivity index (χ1v) is 9.57. The number of piperidine rings is 1. The number of nitrogens with zero attached hydrogens (tertiary/aromatic N) is 1. The van der Waals surface area contributed by atoms with Crippen LogP contribution in [0.5, 0.6) is 0 Å². The van der Waals surface area contributed by atoms with Crippen LogP contribution in [0.3, 0.4) is 0 Å². The van der Waals surface area contributed by atoms with Gasteiger partial charge in [0.25, 0.3) is 0 Å². The fourth-order valence-corrected chi connectivity index (χ4v) is 3.74. The minimum absolute atomic E-state index is 0. The van der Waals surface area contributed by atoms with Crippen LogP contribution in [0.2, 0.25) is 0 Å². The van der Waals surface area contributed by atoms with Crippen molar-refractivity contribution in [3.63, 3.8) is 0 Å². The summed E-state index contributed by atoms with van der Waals surface area (Å²) in [5.41, 5.74) is 1.36. The van der Waals surface area contributed by atoms with E-state index in [2.05, 4.69) is 10.6 Å². The second-order valence-corrected chi connectivity index (χ2v) is 7.45. The lowest BCUT2D eigenvalue weighted by atomic mass is 9.95. The molecular weight excluding hydrogens is 369 g/mol. The Morgan fingerprint density at radius 3 is 2.63 bits per heavy atom. The average Bonchev–Trinajstić information content (AvgIpc) is 3.15. The molecule has 1 aromatic carbocycles. The predicted octanol–water partition coefficient (Wildman–Crippen LogP) is 2.55. The number of likely N-dealkylation sites (tertiary alicyclic amines) is 1. The van der Waals surface area contributed by atoms with Crippen molar-refractivity contribution in [2.45, 2.75) is 51.6 Å². The minimum atomic E-state index is -0.250. The van der Waals surface area contributed by atoms with Crippen LogP contribution in [0.15, 0.2) is 18.2 Å². The molecule has 1 unspecified atom stereocenters. The first kappa shape index (κ1) is 21.6. The van der Waals surface area contributed by atoms with E-state index in [1.165, 1.54) is 6.07 Å². The van der Waals surface area contributed by atoms with Gasteiger partial charge in [0, 0.05) is 38.0 Å². The van der Waals surface area contributed by atoms with Gasteiger partial charge in [-0.15, -0.1) is 12.4 Å². The highest BCUT2D eigenvalue weighted by Crippen LogP contribution is 2.20. The Labute approximate surface area is 166 Å². The molecule has 5 nitrogen and oxygen atoms in total. The third-order valence-electron chi connectivity index (χ3n) is 5.50. The number of aryl methyl sites for hydroxylation is 1. The van der Waals surface area contributed by atoms with Gasteiger partial charge in [0.15, 0.2) is 0 Å². The summed E-state index contributed by atoms with van der Waals surface area (Å²) in [6.07, 6.45) is 4.17. The maximum Gasteiger partial charge on any atom is 0.224 e. The first-order chi connectivity index (χ1) is 12.5. The van der Waals surface area contributed by atoms with Crippen molar-refractivity contribution >= 4 is 24.2 Å². The second kappa shape index (κ2) is 10.0. The molecule has 2 heterocycles. The van der Waals surface area contributed by atoms with Gasteiger partial charge in [-0.25, -0.2) is 4.39 Å². The molecule has 2 aliphatic rings. The van der Waals surface area contributed by atoms with Crippen molar-refractivity contribution < 1.29 is 14.0 Å². The number of benzene rings is 1. The molecule has 3 rings (SSSR count). The predicted molar refractivity (Wildman–Crippen MR) is 105 cm³/mol. The molecule has 1 aromatic rings. The lowest BCUT2D eigenvalue weighted by molar-refractivity contribution is -0.136. The van der Waals surface area contributed by atoms with Crippen molar-refractivity contribution in [2.75, 3.05) is 19.6 Å². The lowest BCUT2D eigenvalue weighted by Gasteiger charge is -2.32. The Morgan fingerprint density at radius 2 is 2.00 bits per heavy atom. The van der Waals surface area contributed by atoms with Crippen molar-refractivity contribution in [1.29, 1.82) is 0 Å². The van der Waals surface area contributed by atoms with Gasteiger partial charge in [-0.3, -0.25) is 9.59 Å². The molecule has 0 bridgehead atoms. The van der Waals surface area contributed by atoms with Crippen LogP contribution in [0, 0.1) is 18.7 Å². The van der Waals surface area contributed by atoms with Gasteiger partial charge >= 0.3 is 0 Å². The van der Waals surface area contributed by atoms with E-state index < -0.39 is 0 Å². The topological polar surface area (TPSA) is 61.4 Å². The fourth-order valence-electron chi connectivity index (χ4n) is 3.74. The van der Waals surface area contributed by atoms with Crippen LogP contribution in [0.25, 0.3) is 0 Å². The average molecular weight is 398 g/mol. The van der Waals surface area contributed by atoms with E-state index in [0.717, 1.165) is 24.9 Å². The van der Waals surface area contributed by atoms with Crippen molar-refractivity contribution in [3.8, 4) is 0 Å².